The number of amides is 2. The first-order valence-electron chi connectivity index (χ1n) is 8.29. The largest absolute Gasteiger partial charge is 0.462 e. The number of carbonyl (C=O) groups excluding carboxylic acids is 3. The zero-order valence-electron chi connectivity index (χ0n) is 15.4. The SMILES string of the molecule is CCOC(=O)c1c(NC(=O)CNc2cc(Cl)ccc2F)sc(C(=O)NC)c1C. The molecule has 0 saturated carbocycles. The van der Waals surface area contributed by atoms with Gasteiger partial charge in [0.15, 0.2) is 0 Å². The minimum atomic E-state index is -0.643. The predicted octanol–water partition coefficient (Wildman–Crippen LogP) is 3.44. The van der Waals surface area contributed by atoms with Crippen LogP contribution in [0.5, 0.6) is 0 Å². The van der Waals surface area contributed by atoms with Gasteiger partial charge in [0.1, 0.15) is 10.8 Å². The van der Waals surface area contributed by atoms with Crippen LogP contribution in [-0.4, -0.2) is 38.0 Å². The lowest BCUT2D eigenvalue weighted by Crippen LogP contribution is -2.23. The van der Waals surface area contributed by atoms with E-state index in [1.165, 1.54) is 25.2 Å². The fraction of sp³-hybridized carbons (Fsp3) is 0.278. The quantitative estimate of drug-likeness (QED) is 0.588. The zero-order chi connectivity index (χ0) is 20.8. The van der Waals surface area contributed by atoms with Crippen LogP contribution in [0.4, 0.5) is 15.1 Å². The Kier molecular flexibility index (Phi) is 7.36. The molecule has 1 heterocycles. The summed E-state index contributed by atoms with van der Waals surface area (Å²) in [6.07, 6.45) is 0. The van der Waals surface area contributed by atoms with Gasteiger partial charge in [-0.1, -0.05) is 11.6 Å². The summed E-state index contributed by atoms with van der Waals surface area (Å²) in [4.78, 5) is 36.9. The summed E-state index contributed by atoms with van der Waals surface area (Å²) in [7, 11) is 1.47. The van der Waals surface area contributed by atoms with E-state index >= 15 is 0 Å². The van der Waals surface area contributed by atoms with E-state index in [2.05, 4.69) is 16.0 Å². The van der Waals surface area contributed by atoms with Crippen LogP contribution in [0.3, 0.4) is 0 Å². The highest BCUT2D eigenvalue weighted by molar-refractivity contribution is 7.18. The number of rotatable bonds is 7. The highest BCUT2D eigenvalue weighted by Crippen LogP contribution is 2.33. The molecule has 0 saturated heterocycles. The van der Waals surface area contributed by atoms with Gasteiger partial charge in [-0.25, -0.2) is 9.18 Å². The Bertz CT molecular complexity index is 916. The second-order valence-corrected chi connectivity index (χ2v) is 7.04. The van der Waals surface area contributed by atoms with E-state index in [1.807, 2.05) is 0 Å². The number of carbonyl (C=O) groups is 3. The number of halogens is 2. The smallest absolute Gasteiger partial charge is 0.341 e. The van der Waals surface area contributed by atoms with Crippen molar-refractivity contribution >= 4 is 51.4 Å². The van der Waals surface area contributed by atoms with E-state index in [0.717, 1.165) is 11.3 Å². The number of benzene rings is 1. The molecule has 150 valence electrons. The Morgan fingerprint density at radius 1 is 1.29 bits per heavy atom. The van der Waals surface area contributed by atoms with Gasteiger partial charge in [-0.2, -0.15) is 0 Å². The second kappa shape index (κ2) is 9.52. The maximum absolute atomic E-state index is 13.7. The van der Waals surface area contributed by atoms with Crippen molar-refractivity contribution in [3.63, 3.8) is 0 Å². The monoisotopic (exact) mass is 427 g/mol. The molecule has 0 aliphatic carbocycles. The van der Waals surface area contributed by atoms with E-state index < -0.39 is 17.7 Å². The predicted molar refractivity (Wildman–Crippen MR) is 107 cm³/mol. The molecule has 0 aliphatic heterocycles. The first-order valence-corrected chi connectivity index (χ1v) is 9.49. The molecule has 0 atom stereocenters. The minimum absolute atomic E-state index is 0.0710. The molecule has 0 spiro atoms. The topological polar surface area (TPSA) is 96.5 Å². The lowest BCUT2D eigenvalue weighted by Gasteiger charge is -2.09. The third kappa shape index (κ3) is 4.99. The molecule has 28 heavy (non-hydrogen) atoms. The molecule has 0 unspecified atom stereocenters. The van der Waals surface area contributed by atoms with E-state index in [-0.39, 0.29) is 40.2 Å². The van der Waals surface area contributed by atoms with Gasteiger partial charge < -0.3 is 20.7 Å². The number of hydrogen-bond donors (Lipinski definition) is 3. The first-order chi connectivity index (χ1) is 13.3. The van der Waals surface area contributed by atoms with Crippen molar-refractivity contribution in [3.8, 4) is 0 Å². The van der Waals surface area contributed by atoms with Crippen LogP contribution in [0.15, 0.2) is 18.2 Å². The van der Waals surface area contributed by atoms with Gasteiger partial charge in [-0.15, -0.1) is 11.3 Å². The van der Waals surface area contributed by atoms with Crippen LogP contribution in [0.2, 0.25) is 5.02 Å². The van der Waals surface area contributed by atoms with Crippen molar-refractivity contribution in [1.82, 2.24) is 5.32 Å². The average Bonchev–Trinajstić information content (AvgIpc) is 2.98. The molecule has 0 bridgehead atoms. The van der Waals surface area contributed by atoms with E-state index in [4.69, 9.17) is 16.3 Å². The second-order valence-electron chi connectivity index (χ2n) is 5.59. The van der Waals surface area contributed by atoms with Crippen molar-refractivity contribution in [2.75, 3.05) is 30.8 Å². The summed E-state index contributed by atoms with van der Waals surface area (Å²) in [6, 6.07) is 3.93. The van der Waals surface area contributed by atoms with Crippen molar-refractivity contribution in [1.29, 1.82) is 0 Å². The first kappa shape index (κ1) is 21.6. The lowest BCUT2D eigenvalue weighted by atomic mass is 10.1. The van der Waals surface area contributed by atoms with E-state index in [0.29, 0.717) is 10.6 Å². The summed E-state index contributed by atoms with van der Waals surface area (Å²) in [5.41, 5.74) is 0.598. The van der Waals surface area contributed by atoms with Crippen molar-refractivity contribution in [3.05, 3.63) is 45.0 Å². The van der Waals surface area contributed by atoms with Gasteiger partial charge in [-0.3, -0.25) is 9.59 Å². The molecule has 10 heteroatoms. The van der Waals surface area contributed by atoms with Crippen LogP contribution in [0.25, 0.3) is 0 Å². The summed E-state index contributed by atoms with van der Waals surface area (Å²) >= 11 is 6.78. The average molecular weight is 428 g/mol. The van der Waals surface area contributed by atoms with E-state index in [1.54, 1.807) is 13.8 Å². The molecule has 0 radical (unpaired) electrons. The fourth-order valence-electron chi connectivity index (χ4n) is 2.36. The third-order valence-corrected chi connectivity index (χ3v) is 5.12. The van der Waals surface area contributed by atoms with Crippen LogP contribution in [-0.2, 0) is 9.53 Å². The van der Waals surface area contributed by atoms with Gasteiger partial charge in [-0.05, 0) is 37.6 Å². The lowest BCUT2D eigenvalue weighted by molar-refractivity contribution is -0.114. The Morgan fingerprint density at radius 2 is 2.00 bits per heavy atom. The number of anilines is 2. The highest BCUT2D eigenvalue weighted by atomic mass is 35.5. The Balaban J connectivity index is 2.21. The van der Waals surface area contributed by atoms with Gasteiger partial charge in [0.05, 0.1) is 29.3 Å². The maximum atomic E-state index is 13.7. The summed E-state index contributed by atoms with van der Waals surface area (Å²) in [5, 5.41) is 8.21. The van der Waals surface area contributed by atoms with Gasteiger partial charge in [0.2, 0.25) is 5.91 Å². The fourth-order valence-corrected chi connectivity index (χ4v) is 3.69. The van der Waals surface area contributed by atoms with Gasteiger partial charge in [0.25, 0.3) is 5.91 Å². The summed E-state index contributed by atoms with van der Waals surface area (Å²) in [6.45, 7) is 3.13. The van der Waals surface area contributed by atoms with Gasteiger partial charge in [0, 0.05) is 12.1 Å². The zero-order valence-corrected chi connectivity index (χ0v) is 17.0. The minimum Gasteiger partial charge on any atom is -0.462 e. The molecule has 0 fully saturated rings. The molecule has 1 aromatic heterocycles. The van der Waals surface area contributed by atoms with Crippen molar-refractivity contribution in [2.45, 2.75) is 13.8 Å². The third-order valence-electron chi connectivity index (χ3n) is 3.68. The van der Waals surface area contributed by atoms with Gasteiger partial charge >= 0.3 is 5.97 Å². The molecule has 2 aromatic rings. The molecular formula is C18H19ClFN3O4S. The van der Waals surface area contributed by atoms with Crippen LogP contribution in [0.1, 0.15) is 32.5 Å². The van der Waals surface area contributed by atoms with Crippen LogP contribution < -0.4 is 16.0 Å². The normalized spacial score (nSPS) is 10.3. The molecule has 3 N–H and O–H groups in total. The van der Waals surface area contributed by atoms with Crippen LogP contribution >= 0.6 is 22.9 Å². The number of hydrogen-bond acceptors (Lipinski definition) is 6. The molecule has 2 rings (SSSR count). The number of nitrogens with one attached hydrogen (secondary N) is 3. The van der Waals surface area contributed by atoms with E-state index in [9.17, 15) is 18.8 Å². The highest BCUT2D eigenvalue weighted by Gasteiger charge is 2.26. The van der Waals surface area contributed by atoms with Crippen molar-refractivity contribution < 1.29 is 23.5 Å². The number of ether oxygens (including phenoxy) is 1. The molecule has 7 nitrogen and oxygen atoms in total. The molecule has 2 amide bonds. The standard InChI is InChI=1S/C18H19ClFN3O4S/c1-4-27-18(26)14-9(2)15(16(25)21-3)28-17(14)23-13(24)8-22-12-7-10(19)5-6-11(12)20/h5-7,22H,4,8H2,1-3H3,(H,21,25)(H,23,24). The maximum Gasteiger partial charge on any atom is 0.341 e. The summed E-state index contributed by atoms with van der Waals surface area (Å²) in [5.74, 6) is -2.11. The number of esters is 1. The Hall–Kier alpha value is -2.65. The molecule has 0 aliphatic rings. The van der Waals surface area contributed by atoms with Crippen LogP contribution in [0, 0.1) is 12.7 Å². The Labute approximate surface area is 170 Å². The molecule has 1 aromatic carbocycles. The van der Waals surface area contributed by atoms with Crippen molar-refractivity contribution in [2.24, 2.45) is 0 Å². The Morgan fingerprint density at radius 3 is 2.64 bits per heavy atom. The number of thiophene rings is 1. The summed E-state index contributed by atoms with van der Waals surface area (Å²) < 4.78 is 18.8. The molecular weight excluding hydrogens is 409 g/mol.